The molecule has 3 aromatic carbocycles. The zero-order valence-electron chi connectivity index (χ0n) is 32.3. The van der Waals surface area contributed by atoms with E-state index in [0.29, 0.717) is 17.7 Å². The summed E-state index contributed by atoms with van der Waals surface area (Å²) in [5.41, 5.74) is 3.30. The van der Waals surface area contributed by atoms with Gasteiger partial charge in [0, 0.05) is 25.4 Å². The molecule has 2 aliphatic heterocycles. The molecular weight excluding hydrogens is 710 g/mol. The van der Waals surface area contributed by atoms with E-state index in [4.69, 9.17) is 19.1 Å². The smallest absolute Gasteiger partial charge is 0.123 e. The third kappa shape index (κ3) is 16.1. The van der Waals surface area contributed by atoms with Crippen molar-refractivity contribution in [1.82, 2.24) is 0 Å². The molecule has 2 saturated heterocycles. The molecule has 0 radical (unpaired) electrons. The Morgan fingerprint density at radius 1 is 0.926 bits per heavy atom. The van der Waals surface area contributed by atoms with Crippen LogP contribution in [0.1, 0.15) is 57.8 Å². The molecule has 0 aromatic heterocycles. The van der Waals surface area contributed by atoms with Crippen molar-refractivity contribution >= 4 is 17.7 Å². The Balaban J connectivity index is 0.000000478. The predicted octanol–water partition coefficient (Wildman–Crippen LogP) is 6.80. The number of anilines is 1. The van der Waals surface area contributed by atoms with Crippen LogP contribution in [-0.4, -0.2) is 93.2 Å². The van der Waals surface area contributed by atoms with E-state index in [1.807, 2.05) is 63.3 Å². The van der Waals surface area contributed by atoms with Crippen molar-refractivity contribution in [2.24, 2.45) is 5.92 Å². The molecule has 0 saturated carbocycles. The summed E-state index contributed by atoms with van der Waals surface area (Å²) in [6.07, 6.45) is 2.27. The van der Waals surface area contributed by atoms with Gasteiger partial charge in [0.25, 0.3) is 0 Å². The molecule has 6 N–H and O–H groups in total. The first-order chi connectivity index (χ1) is 26.2. The van der Waals surface area contributed by atoms with Gasteiger partial charge in [-0.25, -0.2) is 4.39 Å². The van der Waals surface area contributed by atoms with E-state index in [-0.39, 0.29) is 11.6 Å². The van der Waals surface area contributed by atoms with Crippen molar-refractivity contribution < 1.29 is 43.9 Å². The van der Waals surface area contributed by atoms with Crippen LogP contribution in [0.4, 0.5) is 10.1 Å². The third-order valence-corrected chi connectivity index (χ3v) is 9.68. The fourth-order valence-corrected chi connectivity index (χ4v) is 6.48. The Labute approximate surface area is 326 Å². The molecular formula is C43H62FNO8S. The van der Waals surface area contributed by atoms with Crippen molar-refractivity contribution in [2.75, 3.05) is 30.9 Å². The Bertz CT molecular complexity index is 1430. The minimum atomic E-state index is -1.36. The van der Waals surface area contributed by atoms with Gasteiger partial charge in [0.2, 0.25) is 0 Å². The van der Waals surface area contributed by atoms with Crippen LogP contribution in [0.3, 0.4) is 0 Å². The minimum Gasteiger partial charge on any atom is -0.430 e. The van der Waals surface area contributed by atoms with Gasteiger partial charge in [-0.05, 0) is 80.5 Å². The van der Waals surface area contributed by atoms with Gasteiger partial charge in [-0.3, -0.25) is 0 Å². The summed E-state index contributed by atoms with van der Waals surface area (Å²) in [7, 11) is 1.00. The van der Waals surface area contributed by atoms with Gasteiger partial charge in [-0.15, -0.1) is 13.2 Å². The monoisotopic (exact) mass is 771 g/mol. The number of aliphatic hydroxyl groups excluding tert-OH is 6. The van der Waals surface area contributed by atoms with Gasteiger partial charge in [-0.1, -0.05) is 86.7 Å². The number of benzene rings is 3. The van der Waals surface area contributed by atoms with E-state index in [9.17, 15) is 24.8 Å². The first kappa shape index (κ1) is 48.5. The average molecular weight is 772 g/mol. The molecule has 9 nitrogen and oxygen atoms in total. The SMILES string of the molecule is C/C(=C\C=C/Cc1ccccc1)OSCC1OC(CO)C(O)C(O)C1O.C=C.CC.CC1C(CCC(O)c2ccc(F)cc2)CN1c1ccccc1.CO. The molecule has 2 aliphatic rings. The van der Waals surface area contributed by atoms with Crippen LogP contribution in [0, 0.1) is 11.7 Å². The molecule has 0 spiro atoms. The lowest BCUT2D eigenvalue weighted by atomic mass is 9.84. The number of nitrogens with zero attached hydrogens (tertiary/aromatic N) is 1. The highest BCUT2D eigenvalue weighted by atomic mass is 32.2. The van der Waals surface area contributed by atoms with E-state index >= 15 is 0 Å². The summed E-state index contributed by atoms with van der Waals surface area (Å²) in [5, 5.41) is 55.8. The van der Waals surface area contributed by atoms with Gasteiger partial charge in [-0.2, -0.15) is 0 Å². The fourth-order valence-electron chi connectivity index (χ4n) is 5.76. The Morgan fingerprint density at radius 3 is 2.07 bits per heavy atom. The maximum absolute atomic E-state index is 12.9. The molecule has 0 amide bonds. The highest BCUT2D eigenvalue weighted by Crippen LogP contribution is 2.35. The lowest BCUT2D eigenvalue weighted by Crippen LogP contribution is -2.59. The fraction of sp³-hybridized carbons (Fsp3) is 0.442. The molecule has 3 aromatic rings. The Kier molecular flexibility index (Phi) is 25.1. The summed E-state index contributed by atoms with van der Waals surface area (Å²) in [6.45, 7) is 14.7. The molecule has 8 unspecified atom stereocenters. The molecule has 54 heavy (non-hydrogen) atoms. The lowest BCUT2D eigenvalue weighted by Gasteiger charge is -2.48. The highest BCUT2D eigenvalue weighted by molar-refractivity contribution is 7.94. The second-order valence-electron chi connectivity index (χ2n) is 12.3. The standard InChI is InChI=1S/C19H22FNO.C19H26O6S.C2H6.C2H4.CH4O/c1-14-16(13-21(14)18-5-3-2-4-6-18)9-12-19(22)15-7-10-17(20)11-8-15;1-13(7-5-6-10-14-8-3-2-4-9-14)25-26-12-16-18(22)19(23)17(21)15(11-20)24-16;3*1-2/h2-8,10-11,14,16,19,22H,9,12-13H2,1H3;2-9,15-23H,10-12H2,1H3;1-2H3;1-2H2;2H,1H3/b;6-5-,13-7+;;;. The largest absolute Gasteiger partial charge is 0.430 e. The van der Waals surface area contributed by atoms with Crippen LogP contribution in [0.15, 0.2) is 122 Å². The average Bonchev–Trinajstić information content (AvgIpc) is 3.22. The number of para-hydroxylation sites is 1. The van der Waals surface area contributed by atoms with Crippen LogP contribution >= 0.6 is 12.0 Å². The van der Waals surface area contributed by atoms with E-state index in [2.05, 4.69) is 61.4 Å². The van der Waals surface area contributed by atoms with Gasteiger partial charge in [0.05, 0.1) is 36.6 Å². The van der Waals surface area contributed by atoms with Gasteiger partial charge in [0.1, 0.15) is 36.0 Å². The minimum absolute atomic E-state index is 0.250. The highest BCUT2D eigenvalue weighted by Gasteiger charge is 2.43. The zero-order valence-corrected chi connectivity index (χ0v) is 33.1. The van der Waals surface area contributed by atoms with Crippen molar-refractivity contribution in [3.63, 3.8) is 0 Å². The molecule has 0 bridgehead atoms. The second-order valence-corrected chi connectivity index (χ2v) is 13.0. The predicted molar refractivity (Wildman–Crippen MR) is 218 cm³/mol. The first-order valence-electron chi connectivity index (χ1n) is 18.3. The maximum Gasteiger partial charge on any atom is 0.123 e. The number of rotatable bonds is 13. The summed E-state index contributed by atoms with van der Waals surface area (Å²) >= 11 is 1.08. The molecule has 2 fully saturated rings. The summed E-state index contributed by atoms with van der Waals surface area (Å²) in [4.78, 5) is 2.40. The Hall–Kier alpha value is -3.52. The van der Waals surface area contributed by atoms with Gasteiger partial charge in [0.15, 0.2) is 0 Å². The maximum atomic E-state index is 12.9. The van der Waals surface area contributed by atoms with Crippen molar-refractivity contribution in [2.45, 2.75) is 89.6 Å². The van der Waals surface area contributed by atoms with Crippen molar-refractivity contribution in [3.8, 4) is 0 Å². The van der Waals surface area contributed by atoms with E-state index < -0.39 is 43.2 Å². The summed E-state index contributed by atoms with van der Waals surface area (Å²) in [5.74, 6) is 1.28. The molecule has 11 heteroatoms. The summed E-state index contributed by atoms with van der Waals surface area (Å²) in [6, 6.07) is 27.2. The molecule has 8 atom stereocenters. The number of hydrogen-bond donors (Lipinski definition) is 6. The number of hydrogen-bond acceptors (Lipinski definition) is 10. The topological polar surface area (TPSA) is 143 Å². The van der Waals surface area contributed by atoms with Crippen LogP contribution in [0.5, 0.6) is 0 Å². The quantitative estimate of drug-likeness (QED) is 0.0476. The van der Waals surface area contributed by atoms with Gasteiger partial charge >= 0.3 is 0 Å². The Morgan fingerprint density at radius 2 is 1.50 bits per heavy atom. The van der Waals surface area contributed by atoms with E-state index in [1.54, 1.807) is 12.1 Å². The van der Waals surface area contributed by atoms with Crippen LogP contribution < -0.4 is 4.90 Å². The van der Waals surface area contributed by atoms with Crippen LogP contribution in [0.2, 0.25) is 0 Å². The molecule has 5 rings (SSSR count). The van der Waals surface area contributed by atoms with Crippen molar-refractivity contribution in [1.29, 1.82) is 0 Å². The molecule has 300 valence electrons. The van der Waals surface area contributed by atoms with Crippen molar-refractivity contribution in [3.05, 3.63) is 139 Å². The van der Waals surface area contributed by atoms with Crippen LogP contribution in [0.25, 0.3) is 0 Å². The second kappa shape index (κ2) is 28.0. The van der Waals surface area contributed by atoms with Crippen LogP contribution in [-0.2, 0) is 15.3 Å². The normalized spacial score (nSPS) is 23.7. The first-order valence-corrected chi connectivity index (χ1v) is 19.3. The number of ether oxygens (including phenoxy) is 1. The number of aliphatic hydroxyl groups is 6. The van der Waals surface area contributed by atoms with Gasteiger partial charge < -0.3 is 44.5 Å². The summed E-state index contributed by atoms with van der Waals surface area (Å²) < 4.78 is 23.8. The number of halogens is 1. The zero-order chi connectivity index (χ0) is 40.5. The lowest BCUT2D eigenvalue weighted by molar-refractivity contribution is -0.223. The van der Waals surface area contributed by atoms with E-state index in [1.165, 1.54) is 23.4 Å². The third-order valence-electron chi connectivity index (χ3n) is 8.84. The number of allylic oxidation sites excluding steroid dienone is 4. The van der Waals surface area contributed by atoms with E-state index in [0.717, 1.165) is 50.5 Å². The molecule has 2 heterocycles. The molecule has 0 aliphatic carbocycles.